The number of aryl methyl sites for hydroxylation is 1. The van der Waals surface area contributed by atoms with E-state index in [2.05, 4.69) is 6.92 Å². The molecule has 3 aromatic rings. The molecule has 0 aliphatic carbocycles. The molecule has 2 aromatic carbocycles. The predicted molar refractivity (Wildman–Crippen MR) is 106 cm³/mol. The molecule has 4 nitrogen and oxygen atoms in total. The first kappa shape index (κ1) is 17.7. The maximum Gasteiger partial charge on any atom is 0.258 e. The number of rotatable bonds is 4. The number of amides is 1. The van der Waals surface area contributed by atoms with Crippen molar-refractivity contribution in [1.29, 1.82) is 0 Å². The highest BCUT2D eigenvalue weighted by atomic mass is 16.5. The van der Waals surface area contributed by atoms with Crippen molar-refractivity contribution in [3.05, 3.63) is 65.4 Å². The Morgan fingerprint density at radius 1 is 1.15 bits per heavy atom. The molecule has 0 bridgehead atoms. The summed E-state index contributed by atoms with van der Waals surface area (Å²) in [6.07, 6.45) is 2.12. The predicted octanol–water partition coefficient (Wildman–Crippen LogP) is 5.19. The van der Waals surface area contributed by atoms with Crippen LogP contribution < -0.4 is 4.74 Å². The van der Waals surface area contributed by atoms with E-state index >= 15 is 0 Å². The number of likely N-dealkylation sites (tertiary alicyclic amines) is 1. The number of piperidine rings is 1. The van der Waals surface area contributed by atoms with E-state index < -0.39 is 0 Å². The summed E-state index contributed by atoms with van der Waals surface area (Å²) in [5, 5.41) is 0.835. The molecular formula is C23H25NO3. The average Bonchev–Trinajstić information content (AvgIpc) is 3.02. The van der Waals surface area contributed by atoms with Crippen molar-refractivity contribution in [3.63, 3.8) is 0 Å². The van der Waals surface area contributed by atoms with Gasteiger partial charge in [-0.2, -0.15) is 0 Å². The lowest BCUT2D eigenvalue weighted by molar-refractivity contribution is 0.0697. The number of carbonyl (C=O) groups is 1. The second-order valence-corrected chi connectivity index (χ2v) is 7.44. The molecule has 1 saturated heterocycles. The summed E-state index contributed by atoms with van der Waals surface area (Å²) < 4.78 is 11.8. The third-order valence-electron chi connectivity index (χ3n) is 5.37. The minimum absolute atomic E-state index is 0.0679. The first-order chi connectivity index (χ1) is 13.1. The molecule has 0 radical (unpaired) electrons. The summed E-state index contributed by atoms with van der Waals surface area (Å²) in [7, 11) is 0. The minimum atomic E-state index is 0.0679. The molecule has 1 fully saturated rings. The van der Waals surface area contributed by atoms with Crippen LogP contribution in [0.4, 0.5) is 0 Å². The van der Waals surface area contributed by atoms with Crippen molar-refractivity contribution < 1.29 is 13.9 Å². The molecule has 1 amide bonds. The second-order valence-electron chi connectivity index (χ2n) is 7.44. The molecule has 1 aliphatic rings. The van der Waals surface area contributed by atoms with Crippen LogP contribution in [-0.2, 0) is 6.61 Å². The summed E-state index contributed by atoms with van der Waals surface area (Å²) in [5.41, 5.74) is 2.51. The van der Waals surface area contributed by atoms with Gasteiger partial charge in [0.1, 0.15) is 23.7 Å². The monoisotopic (exact) mass is 363 g/mol. The highest BCUT2D eigenvalue weighted by Gasteiger charge is 2.26. The fourth-order valence-electron chi connectivity index (χ4n) is 3.67. The first-order valence-corrected chi connectivity index (χ1v) is 9.61. The Bertz CT molecular complexity index is 937. The molecule has 0 unspecified atom stereocenters. The van der Waals surface area contributed by atoms with E-state index in [-0.39, 0.29) is 5.91 Å². The Hall–Kier alpha value is -2.75. The van der Waals surface area contributed by atoms with Crippen LogP contribution in [0, 0.1) is 12.8 Å². The molecular weight excluding hydrogens is 338 g/mol. The van der Waals surface area contributed by atoms with Crippen molar-refractivity contribution in [3.8, 4) is 5.75 Å². The number of ether oxygens (including phenoxy) is 1. The highest BCUT2D eigenvalue weighted by Crippen LogP contribution is 2.31. The molecule has 1 aromatic heterocycles. The summed E-state index contributed by atoms with van der Waals surface area (Å²) in [5.74, 6) is 2.18. The zero-order valence-electron chi connectivity index (χ0n) is 15.9. The van der Waals surface area contributed by atoms with Crippen LogP contribution in [0.25, 0.3) is 11.0 Å². The molecule has 0 atom stereocenters. The van der Waals surface area contributed by atoms with Gasteiger partial charge < -0.3 is 14.1 Å². The minimum Gasteiger partial charge on any atom is -0.489 e. The quantitative estimate of drug-likeness (QED) is 0.640. The lowest BCUT2D eigenvalue weighted by Crippen LogP contribution is -2.38. The van der Waals surface area contributed by atoms with Gasteiger partial charge in [0, 0.05) is 18.5 Å². The van der Waals surface area contributed by atoms with E-state index in [9.17, 15) is 4.79 Å². The van der Waals surface area contributed by atoms with E-state index in [1.165, 1.54) is 0 Å². The van der Waals surface area contributed by atoms with E-state index in [4.69, 9.17) is 9.15 Å². The average molecular weight is 363 g/mol. The lowest BCUT2D eigenvalue weighted by atomic mass is 9.98. The van der Waals surface area contributed by atoms with Crippen LogP contribution in [0.1, 0.15) is 41.4 Å². The van der Waals surface area contributed by atoms with Crippen molar-refractivity contribution in [2.75, 3.05) is 13.1 Å². The van der Waals surface area contributed by atoms with Crippen LogP contribution in [0.15, 0.2) is 52.9 Å². The van der Waals surface area contributed by atoms with Gasteiger partial charge in [-0.3, -0.25) is 4.79 Å². The van der Waals surface area contributed by atoms with E-state index in [1.54, 1.807) is 0 Å². The van der Waals surface area contributed by atoms with Crippen LogP contribution in [-0.4, -0.2) is 23.9 Å². The number of furan rings is 1. The molecule has 4 rings (SSSR count). The molecule has 0 saturated carbocycles. The maximum absolute atomic E-state index is 13.1. The van der Waals surface area contributed by atoms with Gasteiger partial charge in [-0.05, 0) is 49.4 Å². The van der Waals surface area contributed by atoms with Gasteiger partial charge in [0.15, 0.2) is 0 Å². The van der Waals surface area contributed by atoms with Crippen molar-refractivity contribution in [1.82, 2.24) is 4.90 Å². The molecule has 2 heterocycles. The number of hydrogen-bond acceptors (Lipinski definition) is 3. The van der Waals surface area contributed by atoms with Crippen molar-refractivity contribution in [2.45, 2.75) is 33.3 Å². The van der Waals surface area contributed by atoms with Gasteiger partial charge in [-0.1, -0.05) is 37.3 Å². The van der Waals surface area contributed by atoms with Gasteiger partial charge in [-0.15, -0.1) is 0 Å². The van der Waals surface area contributed by atoms with Gasteiger partial charge in [-0.25, -0.2) is 0 Å². The third-order valence-corrected chi connectivity index (χ3v) is 5.37. The van der Waals surface area contributed by atoms with Gasteiger partial charge in [0.05, 0.1) is 5.56 Å². The SMILES string of the molecule is Cc1oc2ccc(OCc3ccccc3)cc2c1C(=O)N1CCC(C)CC1. The Kier molecular flexibility index (Phi) is 4.88. The van der Waals surface area contributed by atoms with E-state index in [0.717, 1.165) is 48.2 Å². The van der Waals surface area contributed by atoms with Gasteiger partial charge in [0.2, 0.25) is 0 Å². The van der Waals surface area contributed by atoms with Crippen LogP contribution in [0.2, 0.25) is 0 Å². The first-order valence-electron chi connectivity index (χ1n) is 9.61. The maximum atomic E-state index is 13.1. The van der Waals surface area contributed by atoms with E-state index in [1.807, 2.05) is 60.4 Å². The summed E-state index contributed by atoms with van der Waals surface area (Å²) >= 11 is 0. The standard InChI is InChI=1S/C23H25NO3/c1-16-10-12-24(13-11-16)23(25)22-17(2)27-21-9-8-19(14-20(21)22)26-15-18-6-4-3-5-7-18/h3-9,14,16H,10-13,15H2,1-2H3. The fraction of sp³-hybridized carbons (Fsp3) is 0.348. The molecule has 0 spiro atoms. The van der Waals surface area contributed by atoms with Crippen molar-refractivity contribution >= 4 is 16.9 Å². The number of benzene rings is 2. The molecule has 4 heteroatoms. The van der Waals surface area contributed by atoms with Crippen LogP contribution in [0.5, 0.6) is 5.75 Å². The number of carbonyl (C=O) groups excluding carboxylic acids is 1. The highest BCUT2D eigenvalue weighted by molar-refractivity contribution is 6.07. The molecule has 140 valence electrons. The Balaban J connectivity index is 1.59. The zero-order chi connectivity index (χ0) is 18.8. The molecule has 0 N–H and O–H groups in total. The van der Waals surface area contributed by atoms with Gasteiger partial charge in [0.25, 0.3) is 5.91 Å². The summed E-state index contributed by atoms with van der Waals surface area (Å²) in [4.78, 5) is 15.1. The van der Waals surface area contributed by atoms with Crippen LogP contribution >= 0.6 is 0 Å². The normalized spacial score (nSPS) is 15.3. The third kappa shape index (κ3) is 3.70. The molecule has 27 heavy (non-hydrogen) atoms. The summed E-state index contributed by atoms with van der Waals surface area (Å²) in [6.45, 7) is 6.24. The second kappa shape index (κ2) is 7.47. The van der Waals surface area contributed by atoms with E-state index in [0.29, 0.717) is 23.8 Å². The number of fused-ring (bicyclic) bond motifs is 1. The zero-order valence-corrected chi connectivity index (χ0v) is 15.9. The number of hydrogen-bond donors (Lipinski definition) is 0. The Labute approximate surface area is 159 Å². The lowest BCUT2D eigenvalue weighted by Gasteiger charge is -2.30. The largest absolute Gasteiger partial charge is 0.489 e. The number of nitrogens with zero attached hydrogens (tertiary/aromatic N) is 1. The van der Waals surface area contributed by atoms with Crippen molar-refractivity contribution in [2.24, 2.45) is 5.92 Å². The summed E-state index contributed by atoms with van der Waals surface area (Å²) in [6, 6.07) is 15.8. The molecule has 1 aliphatic heterocycles. The Morgan fingerprint density at radius 2 is 1.89 bits per heavy atom. The smallest absolute Gasteiger partial charge is 0.258 e. The van der Waals surface area contributed by atoms with Crippen LogP contribution in [0.3, 0.4) is 0 Å². The Morgan fingerprint density at radius 3 is 2.63 bits per heavy atom. The topological polar surface area (TPSA) is 42.7 Å². The fourth-order valence-corrected chi connectivity index (χ4v) is 3.67. The van der Waals surface area contributed by atoms with Gasteiger partial charge >= 0.3 is 0 Å².